The number of amides is 1. The van der Waals surface area contributed by atoms with Gasteiger partial charge in [-0.05, 0) is 34.7 Å². The fraction of sp³-hybridized carbons (Fsp3) is 0.440. The highest BCUT2D eigenvalue weighted by Crippen LogP contribution is 2.38. The van der Waals surface area contributed by atoms with E-state index in [2.05, 4.69) is 55.5 Å². The minimum Gasteiger partial charge on any atom is -0.388 e. The van der Waals surface area contributed by atoms with Crippen LogP contribution in [0.15, 0.2) is 47.6 Å². The summed E-state index contributed by atoms with van der Waals surface area (Å²) >= 11 is 5.68. The van der Waals surface area contributed by atoms with Crippen molar-refractivity contribution in [1.82, 2.24) is 5.06 Å². The summed E-state index contributed by atoms with van der Waals surface area (Å²) < 4.78 is 39.7. The van der Waals surface area contributed by atoms with Crippen LogP contribution >= 0.6 is 11.6 Å². The first-order valence-corrected chi connectivity index (χ1v) is 11.7. The monoisotopic (exact) mass is 509 g/mol. The predicted molar refractivity (Wildman–Crippen MR) is 127 cm³/mol. The van der Waals surface area contributed by atoms with Gasteiger partial charge in [0.25, 0.3) is 0 Å². The highest BCUT2D eigenvalue weighted by atomic mass is 35.5. The quantitative estimate of drug-likeness (QED) is 0.495. The van der Waals surface area contributed by atoms with Crippen molar-refractivity contribution in [3.05, 3.63) is 64.2 Å². The molecule has 1 amide bonds. The molecule has 188 valence electrons. The van der Waals surface area contributed by atoms with Crippen molar-refractivity contribution in [2.24, 2.45) is 5.16 Å². The van der Waals surface area contributed by atoms with Crippen LogP contribution in [-0.4, -0.2) is 35.6 Å². The first-order valence-electron chi connectivity index (χ1n) is 11.3. The van der Waals surface area contributed by atoms with E-state index >= 15 is 0 Å². The minimum absolute atomic E-state index is 0.0642. The molecule has 2 aliphatic rings. The Hall–Kier alpha value is -2.78. The second-order valence-corrected chi connectivity index (χ2v) is 10.4. The van der Waals surface area contributed by atoms with E-state index < -0.39 is 29.1 Å². The van der Waals surface area contributed by atoms with Crippen molar-refractivity contribution in [2.75, 3.05) is 18.4 Å². The Morgan fingerprint density at radius 2 is 1.77 bits per heavy atom. The van der Waals surface area contributed by atoms with Crippen LogP contribution in [0.2, 0.25) is 5.02 Å². The number of piperidine rings is 1. The third kappa shape index (κ3) is 5.90. The molecule has 0 atom stereocenters. The normalized spacial score (nSPS) is 18.2. The molecule has 6 nitrogen and oxygen atoms in total. The number of benzene rings is 2. The van der Waals surface area contributed by atoms with Crippen molar-refractivity contribution in [2.45, 2.75) is 57.2 Å². The Morgan fingerprint density at radius 1 is 1.11 bits per heavy atom. The van der Waals surface area contributed by atoms with Crippen molar-refractivity contribution in [1.29, 1.82) is 0 Å². The van der Waals surface area contributed by atoms with Crippen molar-refractivity contribution >= 4 is 29.1 Å². The maximum absolute atomic E-state index is 13.2. The van der Waals surface area contributed by atoms with Gasteiger partial charge in [-0.25, -0.2) is 4.79 Å². The molecule has 1 N–H and O–H groups in total. The van der Waals surface area contributed by atoms with Crippen LogP contribution in [0.25, 0.3) is 0 Å². The van der Waals surface area contributed by atoms with Gasteiger partial charge in [-0.1, -0.05) is 61.8 Å². The second-order valence-electron chi connectivity index (χ2n) is 9.94. The van der Waals surface area contributed by atoms with Crippen molar-refractivity contribution in [3.8, 4) is 0 Å². The van der Waals surface area contributed by atoms with Gasteiger partial charge in [0.1, 0.15) is 5.60 Å². The maximum atomic E-state index is 13.2. The lowest BCUT2D eigenvalue weighted by Gasteiger charge is -2.35. The number of alkyl halides is 3. The number of hydrogen-bond acceptors (Lipinski definition) is 5. The van der Waals surface area contributed by atoms with Crippen LogP contribution in [0.1, 0.15) is 56.7 Å². The number of carbonyl (C=O) groups excluding carboxylic acids is 1. The average Bonchev–Trinajstić information content (AvgIpc) is 3.19. The molecule has 2 aliphatic heterocycles. The number of rotatable bonds is 3. The van der Waals surface area contributed by atoms with Gasteiger partial charge in [-0.15, -0.1) is 5.06 Å². The van der Waals surface area contributed by atoms with Gasteiger partial charge >= 0.3 is 12.3 Å². The van der Waals surface area contributed by atoms with Crippen LogP contribution in [0.4, 0.5) is 23.7 Å². The number of oxime groups is 1. The highest BCUT2D eigenvalue weighted by Gasteiger charge is 2.43. The molecule has 1 fully saturated rings. The highest BCUT2D eigenvalue weighted by molar-refractivity contribution is 6.30. The maximum Gasteiger partial charge on any atom is 0.430 e. The van der Waals surface area contributed by atoms with Crippen LogP contribution in [-0.2, 0) is 21.3 Å². The van der Waals surface area contributed by atoms with Crippen LogP contribution in [0.5, 0.6) is 0 Å². The summed E-state index contributed by atoms with van der Waals surface area (Å²) in [5.74, 6) is 0. The molecule has 0 saturated carbocycles. The van der Waals surface area contributed by atoms with Gasteiger partial charge in [-0.3, -0.25) is 5.32 Å². The topological polar surface area (TPSA) is 63.2 Å². The van der Waals surface area contributed by atoms with E-state index in [1.165, 1.54) is 16.7 Å². The fourth-order valence-corrected chi connectivity index (χ4v) is 4.37. The third-order valence-electron chi connectivity index (χ3n) is 6.29. The molecular weight excluding hydrogens is 483 g/mol. The molecule has 1 spiro atoms. The standard InChI is InChI=1S/C25H27ClF3N3O3/c1-23(2,3)17-6-4-16(5-7-17)21-15-24(35-31-21)10-12-32(13-11-24)34-22(33)30-20-9-8-18(26)14-19(20)25(27,28)29/h4-9,14H,10-13,15H2,1-3H3,(H,30,33). The number of nitrogens with zero attached hydrogens (tertiary/aromatic N) is 2. The zero-order valence-corrected chi connectivity index (χ0v) is 20.5. The predicted octanol–water partition coefficient (Wildman–Crippen LogP) is 6.78. The Bertz CT molecular complexity index is 1120. The average molecular weight is 510 g/mol. The van der Waals surface area contributed by atoms with Crippen molar-refractivity contribution in [3.63, 3.8) is 0 Å². The Balaban J connectivity index is 1.31. The summed E-state index contributed by atoms with van der Waals surface area (Å²) in [4.78, 5) is 23.3. The summed E-state index contributed by atoms with van der Waals surface area (Å²) in [6.45, 7) is 7.22. The van der Waals surface area contributed by atoms with E-state index in [4.69, 9.17) is 21.3 Å². The smallest absolute Gasteiger partial charge is 0.388 e. The second kappa shape index (κ2) is 9.35. The van der Waals surface area contributed by atoms with Gasteiger partial charge < -0.3 is 9.68 Å². The third-order valence-corrected chi connectivity index (χ3v) is 6.53. The van der Waals surface area contributed by atoms with E-state index in [0.29, 0.717) is 32.4 Å². The lowest BCUT2D eigenvalue weighted by molar-refractivity contribution is -0.154. The number of nitrogens with one attached hydrogen (secondary N) is 1. The van der Waals surface area contributed by atoms with Gasteiger partial charge in [0.15, 0.2) is 0 Å². The van der Waals surface area contributed by atoms with Gasteiger partial charge in [-0.2, -0.15) is 13.2 Å². The van der Waals surface area contributed by atoms with Gasteiger partial charge in [0, 0.05) is 37.4 Å². The van der Waals surface area contributed by atoms with Crippen LogP contribution in [0, 0.1) is 0 Å². The van der Waals surface area contributed by atoms with E-state index in [9.17, 15) is 18.0 Å². The lowest BCUT2D eigenvalue weighted by Crippen LogP contribution is -2.45. The molecule has 1 saturated heterocycles. The summed E-state index contributed by atoms with van der Waals surface area (Å²) in [7, 11) is 0. The van der Waals surface area contributed by atoms with Crippen molar-refractivity contribution < 1.29 is 27.6 Å². The summed E-state index contributed by atoms with van der Waals surface area (Å²) in [6.07, 6.45) is -3.92. The number of halogens is 4. The number of anilines is 1. The molecule has 2 aromatic carbocycles. The first kappa shape index (κ1) is 25.3. The Kier molecular flexibility index (Phi) is 6.76. The van der Waals surface area contributed by atoms with Crippen LogP contribution in [0.3, 0.4) is 0 Å². The molecule has 35 heavy (non-hydrogen) atoms. The molecule has 0 aliphatic carbocycles. The zero-order valence-electron chi connectivity index (χ0n) is 19.7. The van der Waals surface area contributed by atoms with E-state index in [1.807, 2.05) is 0 Å². The molecule has 0 radical (unpaired) electrons. The summed E-state index contributed by atoms with van der Waals surface area (Å²) in [6, 6.07) is 11.4. The van der Waals surface area contributed by atoms with E-state index in [-0.39, 0.29) is 10.4 Å². The molecule has 0 aromatic heterocycles. The SMILES string of the molecule is CC(C)(C)c1ccc(C2=NOC3(CCN(OC(=O)Nc4ccc(Cl)cc4C(F)(F)F)CC3)C2)cc1. The van der Waals surface area contributed by atoms with Crippen LogP contribution < -0.4 is 5.32 Å². The molecule has 0 bridgehead atoms. The van der Waals surface area contributed by atoms with Gasteiger partial charge in [0.2, 0.25) is 0 Å². The summed E-state index contributed by atoms with van der Waals surface area (Å²) in [5.41, 5.74) is 1.24. The summed E-state index contributed by atoms with van der Waals surface area (Å²) in [5, 5.41) is 7.82. The zero-order chi connectivity index (χ0) is 25.4. The van der Waals surface area contributed by atoms with E-state index in [0.717, 1.165) is 23.4 Å². The molecular formula is C25H27ClF3N3O3. The number of hydrogen-bond donors (Lipinski definition) is 1. The fourth-order valence-electron chi connectivity index (χ4n) is 4.20. The number of carbonyl (C=O) groups is 1. The molecule has 10 heteroatoms. The first-order chi connectivity index (χ1) is 16.3. The number of hydroxylamine groups is 2. The molecule has 2 heterocycles. The largest absolute Gasteiger partial charge is 0.430 e. The Labute approximate surface area is 207 Å². The minimum atomic E-state index is -4.67. The van der Waals surface area contributed by atoms with Gasteiger partial charge in [0.05, 0.1) is 17.0 Å². The lowest BCUT2D eigenvalue weighted by atomic mass is 9.84. The molecule has 4 rings (SSSR count). The van der Waals surface area contributed by atoms with E-state index in [1.54, 1.807) is 0 Å². The molecule has 2 aromatic rings. The molecule has 0 unspecified atom stereocenters. The Morgan fingerprint density at radius 3 is 2.37 bits per heavy atom.